The van der Waals surface area contributed by atoms with Crippen molar-refractivity contribution in [3.63, 3.8) is 0 Å². The number of nitrogens with one attached hydrogen (secondary N) is 1. The molecule has 0 bridgehead atoms. The van der Waals surface area contributed by atoms with E-state index in [1.54, 1.807) is 4.90 Å². The highest BCUT2D eigenvalue weighted by molar-refractivity contribution is 6.01. The van der Waals surface area contributed by atoms with E-state index >= 15 is 0 Å². The number of hydrogen-bond acceptors (Lipinski definition) is 3. The fraction of sp³-hybridized carbons (Fsp3) is 0.364. The van der Waals surface area contributed by atoms with Gasteiger partial charge in [0, 0.05) is 45.0 Å². The summed E-state index contributed by atoms with van der Waals surface area (Å²) in [5.41, 5.74) is 2.18. The third-order valence-corrected chi connectivity index (χ3v) is 5.48. The van der Waals surface area contributed by atoms with Crippen LogP contribution in [0.15, 0.2) is 60.7 Å². The number of nitrogens with zero attached hydrogens (tertiary/aromatic N) is 3. The number of para-hydroxylation sites is 1. The second-order valence-electron chi connectivity index (χ2n) is 7.36. The first-order valence-electron chi connectivity index (χ1n) is 9.89. The molecule has 4 rings (SSSR count). The maximum Gasteiger partial charge on any atom is 0.318 e. The molecule has 1 unspecified atom stereocenters. The standard InChI is InChI=1S/C22H26N4O2/c27-21-20(11-12-26(21)19-9-5-2-6-10-19)23-22(28)25-15-13-24(14-16-25)17-18-7-3-1-4-8-18/h1-10,20H,11-17H2,(H,23,28). The van der Waals surface area contributed by atoms with Crippen molar-refractivity contribution < 1.29 is 9.59 Å². The fourth-order valence-electron chi connectivity index (χ4n) is 3.87. The predicted molar refractivity (Wildman–Crippen MR) is 109 cm³/mol. The number of urea groups is 1. The number of anilines is 1. The first-order chi connectivity index (χ1) is 13.7. The summed E-state index contributed by atoms with van der Waals surface area (Å²) in [5, 5.41) is 2.94. The lowest BCUT2D eigenvalue weighted by Crippen LogP contribution is -2.54. The van der Waals surface area contributed by atoms with Gasteiger partial charge in [0.05, 0.1) is 0 Å². The molecule has 0 aliphatic carbocycles. The smallest absolute Gasteiger partial charge is 0.318 e. The molecule has 0 spiro atoms. The summed E-state index contributed by atoms with van der Waals surface area (Å²) >= 11 is 0. The topological polar surface area (TPSA) is 55.9 Å². The van der Waals surface area contributed by atoms with Gasteiger partial charge >= 0.3 is 6.03 Å². The van der Waals surface area contributed by atoms with Crippen molar-refractivity contribution in [3.8, 4) is 0 Å². The number of benzene rings is 2. The summed E-state index contributed by atoms with van der Waals surface area (Å²) < 4.78 is 0. The van der Waals surface area contributed by atoms with Crippen molar-refractivity contribution in [2.75, 3.05) is 37.6 Å². The average molecular weight is 378 g/mol. The maximum atomic E-state index is 12.7. The fourth-order valence-corrected chi connectivity index (χ4v) is 3.87. The second-order valence-corrected chi connectivity index (χ2v) is 7.36. The highest BCUT2D eigenvalue weighted by Crippen LogP contribution is 2.21. The van der Waals surface area contributed by atoms with Crippen molar-refractivity contribution in [2.24, 2.45) is 0 Å². The van der Waals surface area contributed by atoms with E-state index in [1.807, 2.05) is 41.3 Å². The summed E-state index contributed by atoms with van der Waals surface area (Å²) in [5.74, 6) is -0.0257. The van der Waals surface area contributed by atoms with E-state index in [0.717, 1.165) is 25.3 Å². The van der Waals surface area contributed by atoms with Gasteiger partial charge in [-0.1, -0.05) is 48.5 Å². The molecule has 0 saturated carbocycles. The molecule has 0 radical (unpaired) electrons. The molecule has 2 aromatic rings. The van der Waals surface area contributed by atoms with Crippen LogP contribution in [-0.4, -0.2) is 60.5 Å². The van der Waals surface area contributed by atoms with Crippen molar-refractivity contribution in [1.82, 2.24) is 15.1 Å². The van der Waals surface area contributed by atoms with Crippen LogP contribution in [0.3, 0.4) is 0 Å². The normalized spacial score (nSPS) is 20.4. The molecule has 2 saturated heterocycles. The van der Waals surface area contributed by atoms with Gasteiger partial charge in [-0.05, 0) is 24.1 Å². The SMILES string of the molecule is O=C(NC1CCN(c2ccccc2)C1=O)N1CCN(Cc2ccccc2)CC1. The summed E-state index contributed by atoms with van der Waals surface area (Å²) in [7, 11) is 0. The number of amides is 3. The number of rotatable bonds is 4. The van der Waals surface area contributed by atoms with E-state index in [9.17, 15) is 9.59 Å². The van der Waals surface area contributed by atoms with E-state index in [4.69, 9.17) is 0 Å². The molecule has 0 aromatic heterocycles. The van der Waals surface area contributed by atoms with Gasteiger partial charge < -0.3 is 15.1 Å². The first kappa shape index (κ1) is 18.5. The third-order valence-electron chi connectivity index (χ3n) is 5.48. The molecule has 2 aromatic carbocycles. The number of carbonyl (C=O) groups is 2. The van der Waals surface area contributed by atoms with Crippen LogP contribution >= 0.6 is 0 Å². The zero-order valence-corrected chi connectivity index (χ0v) is 16.0. The Hall–Kier alpha value is -2.86. The van der Waals surface area contributed by atoms with E-state index in [1.165, 1.54) is 5.56 Å². The lowest BCUT2D eigenvalue weighted by Gasteiger charge is -2.35. The Morgan fingerprint density at radius 1 is 0.893 bits per heavy atom. The number of hydrogen-bond donors (Lipinski definition) is 1. The largest absolute Gasteiger partial charge is 0.326 e. The van der Waals surface area contributed by atoms with Crippen molar-refractivity contribution >= 4 is 17.6 Å². The van der Waals surface area contributed by atoms with Gasteiger partial charge in [-0.2, -0.15) is 0 Å². The van der Waals surface area contributed by atoms with Gasteiger partial charge in [-0.25, -0.2) is 4.79 Å². The van der Waals surface area contributed by atoms with Gasteiger partial charge in [-0.15, -0.1) is 0 Å². The summed E-state index contributed by atoms with van der Waals surface area (Å²) in [6.07, 6.45) is 0.646. The van der Waals surface area contributed by atoms with Crippen LogP contribution < -0.4 is 10.2 Å². The summed E-state index contributed by atoms with van der Waals surface area (Å²) in [6.45, 7) is 4.60. The molecular formula is C22H26N4O2. The summed E-state index contributed by atoms with van der Waals surface area (Å²) in [4.78, 5) is 31.2. The molecule has 6 nitrogen and oxygen atoms in total. The van der Waals surface area contributed by atoms with Gasteiger partial charge in [-0.3, -0.25) is 9.69 Å². The van der Waals surface area contributed by atoms with Gasteiger partial charge in [0.1, 0.15) is 6.04 Å². The minimum atomic E-state index is -0.435. The Morgan fingerprint density at radius 3 is 2.21 bits per heavy atom. The van der Waals surface area contributed by atoms with E-state index in [0.29, 0.717) is 26.1 Å². The minimum absolute atomic E-state index is 0.0257. The molecule has 1 N–H and O–H groups in total. The molecule has 1 atom stereocenters. The Bertz CT molecular complexity index is 804. The van der Waals surface area contributed by atoms with Crippen molar-refractivity contribution in [1.29, 1.82) is 0 Å². The lowest BCUT2D eigenvalue weighted by atomic mass is 10.2. The Kier molecular flexibility index (Phi) is 5.58. The van der Waals surface area contributed by atoms with Crippen LogP contribution in [-0.2, 0) is 11.3 Å². The minimum Gasteiger partial charge on any atom is -0.326 e. The highest BCUT2D eigenvalue weighted by Gasteiger charge is 2.34. The molecule has 2 fully saturated rings. The zero-order chi connectivity index (χ0) is 19.3. The molecule has 2 heterocycles. The summed E-state index contributed by atoms with van der Waals surface area (Å²) in [6, 6.07) is 19.4. The van der Waals surface area contributed by atoms with Crippen LogP contribution in [0.4, 0.5) is 10.5 Å². The van der Waals surface area contributed by atoms with Crippen molar-refractivity contribution in [2.45, 2.75) is 19.0 Å². The predicted octanol–water partition coefficient (Wildman–Crippen LogP) is 2.32. The molecular weight excluding hydrogens is 352 g/mol. The van der Waals surface area contributed by atoms with E-state index in [-0.39, 0.29) is 11.9 Å². The Labute approximate surface area is 165 Å². The van der Waals surface area contributed by atoms with Crippen LogP contribution in [0.5, 0.6) is 0 Å². The molecule has 3 amide bonds. The van der Waals surface area contributed by atoms with Crippen LogP contribution in [0.2, 0.25) is 0 Å². The highest BCUT2D eigenvalue weighted by atomic mass is 16.2. The van der Waals surface area contributed by atoms with Gasteiger partial charge in [0.15, 0.2) is 0 Å². The van der Waals surface area contributed by atoms with E-state index in [2.05, 4.69) is 34.5 Å². The quantitative estimate of drug-likeness (QED) is 0.888. The van der Waals surface area contributed by atoms with Gasteiger partial charge in [0.25, 0.3) is 0 Å². The van der Waals surface area contributed by atoms with Gasteiger partial charge in [0.2, 0.25) is 5.91 Å². The number of piperazine rings is 1. The second kappa shape index (κ2) is 8.44. The molecule has 2 aliphatic heterocycles. The van der Waals surface area contributed by atoms with Crippen LogP contribution in [0, 0.1) is 0 Å². The molecule has 28 heavy (non-hydrogen) atoms. The monoisotopic (exact) mass is 378 g/mol. The lowest BCUT2D eigenvalue weighted by molar-refractivity contribution is -0.118. The van der Waals surface area contributed by atoms with Crippen LogP contribution in [0.1, 0.15) is 12.0 Å². The number of carbonyl (C=O) groups excluding carboxylic acids is 2. The Balaban J connectivity index is 1.26. The first-order valence-corrected chi connectivity index (χ1v) is 9.89. The zero-order valence-electron chi connectivity index (χ0n) is 16.0. The van der Waals surface area contributed by atoms with E-state index < -0.39 is 6.04 Å². The molecule has 6 heteroatoms. The third kappa shape index (κ3) is 4.17. The molecule has 146 valence electrons. The average Bonchev–Trinajstić information content (AvgIpc) is 3.10. The Morgan fingerprint density at radius 2 is 1.54 bits per heavy atom. The molecule has 2 aliphatic rings. The van der Waals surface area contributed by atoms with Crippen LogP contribution in [0.25, 0.3) is 0 Å². The van der Waals surface area contributed by atoms with Crippen molar-refractivity contribution in [3.05, 3.63) is 66.2 Å². The maximum absolute atomic E-state index is 12.7.